The SMILES string of the molecule is Cc1ccc(I)c(C(=O)Nc2cccc(Cl)c2)n1. The van der Waals surface area contributed by atoms with Gasteiger partial charge in [0.15, 0.2) is 0 Å². The molecule has 0 spiro atoms. The first-order valence-corrected chi connectivity index (χ1v) is 6.72. The van der Waals surface area contributed by atoms with E-state index in [9.17, 15) is 4.79 Å². The summed E-state index contributed by atoms with van der Waals surface area (Å²) in [5.41, 5.74) is 1.90. The fourth-order valence-corrected chi connectivity index (χ4v) is 2.19. The van der Waals surface area contributed by atoms with Gasteiger partial charge >= 0.3 is 0 Å². The van der Waals surface area contributed by atoms with Crippen molar-refractivity contribution < 1.29 is 4.79 Å². The molecule has 92 valence electrons. The fourth-order valence-electron chi connectivity index (χ4n) is 1.46. The van der Waals surface area contributed by atoms with Crippen molar-refractivity contribution in [3.05, 3.63) is 56.4 Å². The summed E-state index contributed by atoms with van der Waals surface area (Å²) < 4.78 is 0.817. The molecule has 1 heterocycles. The maximum Gasteiger partial charge on any atom is 0.275 e. The maximum absolute atomic E-state index is 12.1. The number of carbonyl (C=O) groups excluding carboxylic acids is 1. The molecule has 1 amide bonds. The van der Waals surface area contributed by atoms with E-state index in [2.05, 4.69) is 32.9 Å². The lowest BCUT2D eigenvalue weighted by molar-refractivity contribution is 0.102. The van der Waals surface area contributed by atoms with Gasteiger partial charge in [-0.05, 0) is 59.8 Å². The van der Waals surface area contributed by atoms with Crippen molar-refractivity contribution in [2.75, 3.05) is 5.32 Å². The monoisotopic (exact) mass is 372 g/mol. The molecule has 0 unspecified atom stereocenters. The van der Waals surface area contributed by atoms with Crippen LogP contribution in [-0.2, 0) is 0 Å². The zero-order valence-electron chi connectivity index (χ0n) is 9.58. The largest absolute Gasteiger partial charge is 0.321 e. The summed E-state index contributed by atoms with van der Waals surface area (Å²) in [6.45, 7) is 1.85. The first-order valence-electron chi connectivity index (χ1n) is 5.26. The van der Waals surface area contributed by atoms with Crippen molar-refractivity contribution in [3.8, 4) is 0 Å². The minimum atomic E-state index is -0.231. The van der Waals surface area contributed by atoms with Gasteiger partial charge in [-0.2, -0.15) is 0 Å². The van der Waals surface area contributed by atoms with Crippen molar-refractivity contribution in [1.29, 1.82) is 0 Å². The Morgan fingerprint density at radius 3 is 2.83 bits per heavy atom. The number of carbonyl (C=O) groups is 1. The molecular weight excluding hydrogens is 363 g/mol. The van der Waals surface area contributed by atoms with Gasteiger partial charge in [-0.1, -0.05) is 17.7 Å². The number of aryl methyl sites for hydroxylation is 1. The molecule has 1 N–H and O–H groups in total. The lowest BCUT2D eigenvalue weighted by atomic mass is 10.2. The molecule has 5 heteroatoms. The number of hydrogen-bond acceptors (Lipinski definition) is 2. The van der Waals surface area contributed by atoms with Crippen molar-refractivity contribution in [2.24, 2.45) is 0 Å². The van der Waals surface area contributed by atoms with Gasteiger partial charge in [-0.15, -0.1) is 0 Å². The zero-order valence-corrected chi connectivity index (χ0v) is 12.5. The summed E-state index contributed by atoms with van der Waals surface area (Å²) in [7, 11) is 0. The highest BCUT2D eigenvalue weighted by molar-refractivity contribution is 14.1. The summed E-state index contributed by atoms with van der Waals surface area (Å²) in [5, 5.41) is 3.36. The second-order valence-electron chi connectivity index (χ2n) is 3.75. The number of amides is 1. The van der Waals surface area contributed by atoms with Crippen molar-refractivity contribution in [2.45, 2.75) is 6.92 Å². The maximum atomic E-state index is 12.1. The Hall–Kier alpha value is -1.14. The third-order valence-corrected chi connectivity index (χ3v) is 3.39. The third kappa shape index (κ3) is 3.20. The lowest BCUT2D eigenvalue weighted by Crippen LogP contribution is -2.15. The Balaban J connectivity index is 2.24. The number of nitrogens with one attached hydrogen (secondary N) is 1. The Morgan fingerprint density at radius 1 is 1.33 bits per heavy atom. The van der Waals surface area contributed by atoms with Gasteiger partial charge < -0.3 is 5.32 Å². The van der Waals surface area contributed by atoms with Crippen LogP contribution in [0.2, 0.25) is 5.02 Å². The fraction of sp³-hybridized carbons (Fsp3) is 0.0769. The van der Waals surface area contributed by atoms with Gasteiger partial charge in [0.2, 0.25) is 0 Å². The van der Waals surface area contributed by atoms with E-state index < -0.39 is 0 Å². The van der Waals surface area contributed by atoms with Crippen LogP contribution in [-0.4, -0.2) is 10.9 Å². The number of rotatable bonds is 2. The van der Waals surface area contributed by atoms with E-state index >= 15 is 0 Å². The highest BCUT2D eigenvalue weighted by Crippen LogP contribution is 2.17. The van der Waals surface area contributed by atoms with Crippen LogP contribution < -0.4 is 5.32 Å². The Morgan fingerprint density at radius 2 is 2.11 bits per heavy atom. The Bertz CT molecular complexity index is 601. The Labute approximate surface area is 124 Å². The first-order chi connectivity index (χ1) is 8.56. The average Bonchev–Trinajstić information content (AvgIpc) is 2.32. The van der Waals surface area contributed by atoms with Gasteiger partial charge in [0, 0.05) is 20.0 Å². The van der Waals surface area contributed by atoms with E-state index in [-0.39, 0.29) is 5.91 Å². The summed E-state index contributed by atoms with van der Waals surface area (Å²) in [6.07, 6.45) is 0. The molecule has 0 radical (unpaired) electrons. The summed E-state index contributed by atoms with van der Waals surface area (Å²) in [4.78, 5) is 16.3. The minimum absolute atomic E-state index is 0.231. The molecule has 0 fully saturated rings. The standard InChI is InChI=1S/C13H10ClIN2O/c1-8-5-6-11(15)12(16-8)13(18)17-10-4-2-3-9(14)7-10/h2-7H,1H3,(H,17,18). The Kier molecular flexibility index (Phi) is 4.19. The third-order valence-electron chi connectivity index (χ3n) is 2.28. The van der Waals surface area contributed by atoms with E-state index in [4.69, 9.17) is 11.6 Å². The first kappa shape index (κ1) is 13.3. The highest BCUT2D eigenvalue weighted by atomic mass is 127. The van der Waals surface area contributed by atoms with Crippen molar-refractivity contribution in [1.82, 2.24) is 4.98 Å². The molecule has 0 aliphatic carbocycles. The molecule has 18 heavy (non-hydrogen) atoms. The van der Waals surface area contributed by atoms with Gasteiger partial charge in [0.25, 0.3) is 5.91 Å². The van der Waals surface area contributed by atoms with Crippen LogP contribution in [0, 0.1) is 10.5 Å². The summed E-state index contributed by atoms with van der Waals surface area (Å²) >= 11 is 7.95. The molecule has 1 aromatic carbocycles. The number of halogens is 2. The second-order valence-corrected chi connectivity index (χ2v) is 5.35. The van der Waals surface area contributed by atoms with Crippen LogP contribution in [0.25, 0.3) is 0 Å². The van der Waals surface area contributed by atoms with Crippen LogP contribution >= 0.6 is 34.2 Å². The van der Waals surface area contributed by atoms with Gasteiger partial charge in [-0.3, -0.25) is 4.79 Å². The van der Waals surface area contributed by atoms with Crippen LogP contribution in [0.5, 0.6) is 0 Å². The predicted molar refractivity (Wildman–Crippen MR) is 81.1 cm³/mol. The summed E-state index contributed by atoms with van der Waals surface area (Å²) in [5.74, 6) is -0.231. The molecule has 2 aromatic rings. The molecule has 0 saturated heterocycles. The predicted octanol–water partition coefficient (Wildman–Crippen LogP) is 3.90. The lowest BCUT2D eigenvalue weighted by Gasteiger charge is -2.07. The normalized spacial score (nSPS) is 10.2. The van der Waals surface area contributed by atoms with Gasteiger partial charge in [0.05, 0.1) is 0 Å². The van der Waals surface area contributed by atoms with Gasteiger partial charge in [-0.25, -0.2) is 4.98 Å². The number of pyridine rings is 1. The summed E-state index contributed by atoms with van der Waals surface area (Å²) in [6, 6.07) is 10.8. The van der Waals surface area contributed by atoms with Gasteiger partial charge in [0.1, 0.15) is 5.69 Å². The molecule has 3 nitrogen and oxygen atoms in total. The number of aromatic nitrogens is 1. The number of anilines is 1. The minimum Gasteiger partial charge on any atom is -0.321 e. The molecule has 0 bridgehead atoms. The van der Waals surface area contributed by atoms with E-state index in [0.717, 1.165) is 9.26 Å². The van der Waals surface area contributed by atoms with Crippen LogP contribution in [0.4, 0.5) is 5.69 Å². The molecule has 0 aliphatic heterocycles. The van der Waals surface area contributed by atoms with Crippen molar-refractivity contribution >= 4 is 45.8 Å². The van der Waals surface area contributed by atoms with Crippen LogP contribution in [0.3, 0.4) is 0 Å². The van der Waals surface area contributed by atoms with Crippen LogP contribution in [0.15, 0.2) is 36.4 Å². The molecule has 0 aliphatic rings. The quantitative estimate of drug-likeness (QED) is 0.813. The average molecular weight is 373 g/mol. The van der Waals surface area contributed by atoms with E-state index in [0.29, 0.717) is 16.4 Å². The number of hydrogen-bond donors (Lipinski definition) is 1. The van der Waals surface area contributed by atoms with Crippen LogP contribution in [0.1, 0.15) is 16.2 Å². The molecule has 2 rings (SSSR count). The molecule has 1 aromatic heterocycles. The molecular formula is C13H10ClIN2O. The van der Waals surface area contributed by atoms with E-state index in [1.165, 1.54) is 0 Å². The highest BCUT2D eigenvalue weighted by Gasteiger charge is 2.12. The smallest absolute Gasteiger partial charge is 0.275 e. The van der Waals surface area contributed by atoms with Crippen molar-refractivity contribution in [3.63, 3.8) is 0 Å². The molecule has 0 atom stereocenters. The number of nitrogens with zero attached hydrogens (tertiary/aromatic N) is 1. The molecule has 0 saturated carbocycles. The second kappa shape index (κ2) is 5.67. The zero-order chi connectivity index (χ0) is 13.1. The topological polar surface area (TPSA) is 42.0 Å². The van der Waals surface area contributed by atoms with E-state index in [1.807, 2.05) is 19.1 Å². The number of benzene rings is 1. The van der Waals surface area contributed by atoms with E-state index in [1.54, 1.807) is 24.3 Å².